The van der Waals surface area contributed by atoms with Gasteiger partial charge in [0, 0.05) is 11.7 Å². The summed E-state index contributed by atoms with van der Waals surface area (Å²) in [6.45, 7) is -2.26. The van der Waals surface area contributed by atoms with Gasteiger partial charge in [-0.3, -0.25) is 0 Å². The molecule has 2 heteroatoms. The van der Waals surface area contributed by atoms with Crippen LogP contribution in [0.4, 0.5) is 0 Å². The van der Waals surface area contributed by atoms with Crippen LogP contribution >= 0.6 is 0 Å². The van der Waals surface area contributed by atoms with Crippen LogP contribution in [-0.2, 0) is 6.56 Å². The number of aromatic amines is 1. The third-order valence-electron chi connectivity index (χ3n) is 1.68. The Balaban J connectivity index is 2.61. The van der Waals surface area contributed by atoms with E-state index >= 15 is 0 Å². The van der Waals surface area contributed by atoms with Crippen LogP contribution < -0.4 is 0 Å². The molecule has 1 aromatic heterocycles. The number of hydrogen-bond acceptors (Lipinski definition) is 1. The summed E-state index contributed by atoms with van der Waals surface area (Å²) in [6.07, 6.45) is 1.78. The second-order valence-electron chi connectivity index (χ2n) is 2.39. The Morgan fingerprint density at radius 2 is 2.36 bits per heavy atom. The summed E-state index contributed by atoms with van der Waals surface area (Å²) in [4.78, 5) is 2.99. The summed E-state index contributed by atoms with van der Waals surface area (Å²) in [5.74, 6) is 0. The van der Waals surface area contributed by atoms with E-state index in [0.29, 0.717) is 0 Å². The molecule has 2 aromatic rings. The topological polar surface area (TPSA) is 36.0 Å². The highest BCUT2D eigenvalue weighted by Gasteiger charge is 1.94. The van der Waals surface area contributed by atoms with Crippen molar-refractivity contribution < 1.29 is 7.85 Å². The molecule has 0 amide bonds. The van der Waals surface area contributed by atoms with Gasteiger partial charge in [-0.15, -0.1) is 0 Å². The number of hydrogen-bond donors (Lipinski definition) is 2. The number of H-pyrrole nitrogens is 1. The van der Waals surface area contributed by atoms with Crippen LogP contribution in [0.15, 0.2) is 30.5 Å². The number of aromatic nitrogens is 1. The van der Waals surface area contributed by atoms with Crippen LogP contribution in [0.25, 0.3) is 10.9 Å². The molecule has 2 rings (SSSR count). The molecule has 0 radical (unpaired) electrons. The second-order valence-corrected chi connectivity index (χ2v) is 2.39. The zero-order chi connectivity index (χ0) is 9.47. The van der Waals surface area contributed by atoms with Crippen molar-refractivity contribution in [3.05, 3.63) is 36.0 Å². The van der Waals surface area contributed by atoms with E-state index in [-0.39, 0.29) is 5.56 Å². The van der Waals surface area contributed by atoms with Crippen LogP contribution in [0.3, 0.4) is 0 Å². The lowest BCUT2D eigenvalue weighted by atomic mass is 10.2. The number of nitrogens with one attached hydrogen (secondary N) is 1. The minimum absolute atomic E-state index is 0.277. The fourth-order valence-corrected chi connectivity index (χ4v) is 1.12. The Hall–Kier alpha value is -1.28. The molecule has 0 aliphatic heterocycles. The van der Waals surface area contributed by atoms with Crippen LogP contribution in [-0.4, -0.2) is 10.1 Å². The van der Waals surface area contributed by atoms with Crippen molar-refractivity contribution in [1.29, 1.82) is 0 Å². The molecule has 0 atom stereocenters. The summed E-state index contributed by atoms with van der Waals surface area (Å²) in [5.41, 5.74) is 1.22. The maximum absolute atomic E-state index is 9.11. The van der Waals surface area contributed by atoms with Gasteiger partial charge in [0.15, 0.2) is 0 Å². The zero-order valence-corrected chi connectivity index (χ0v) is 5.83. The van der Waals surface area contributed by atoms with Crippen LogP contribution in [0, 0.1) is 0 Å². The summed E-state index contributed by atoms with van der Waals surface area (Å²) >= 11 is 0. The minimum atomic E-state index is -2.26. The number of benzene rings is 1. The van der Waals surface area contributed by atoms with Gasteiger partial charge in [-0.2, -0.15) is 0 Å². The fourth-order valence-electron chi connectivity index (χ4n) is 1.12. The first-order valence-corrected chi connectivity index (χ1v) is 3.37. The lowest BCUT2D eigenvalue weighted by Gasteiger charge is -1.94. The van der Waals surface area contributed by atoms with E-state index in [1.165, 1.54) is 0 Å². The quantitative estimate of drug-likeness (QED) is 0.635. The van der Waals surface area contributed by atoms with Crippen molar-refractivity contribution in [1.82, 2.24) is 4.98 Å². The molecule has 1 aromatic carbocycles. The standard InChI is InChI=1S/C9H9NO/c11-6-7-1-2-9-8(5-7)3-4-10-9/h1-5,10-11H,6H2/i6D2. The predicted molar refractivity (Wildman–Crippen MR) is 44.2 cm³/mol. The normalized spacial score (nSPS) is 14.6. The van der Waals surface area contributed by atoms with Gasteiger partial charge in [-0.1, -0.05) is 6.07 Å². The van der Waals surface area contributed by atoms with Crippen LogP contribution in [0.5, 0.6) is 0 Å². The molecule has 2 nitrogen and oxygen atoms in total. The number of fused-ring (bicyclic) bond motifs is 1. The highest BCUT2D eigenvalue weighted by Crippen LogP contribution is 2.13. The zero-order valence-electron chi connectivity index (χ0n) is 7.83. The van der Waals surface area contributed by atoms with E-state index in [1.807, 2.05) is 6.07 Å². The third kappa shape index (κ3) is 1.01. The van der Waals surface area contributed by atoms with Gasteiger partial charge in [0.1, 0.15) is 0 Å². The van der Waals surface area contributed by atoms with Crippen LogP contribution in [0.2, 0.25) is 0 Å². The number of rotatable bonds is 1. The first kappa shape index (κ1) is 4.57. The average molecular weight is 149 g/mol. The molecule has 0 spiro atoms. The molecule has 0 saturated carbocycles. The van der Waals surface area contributed by atoms with Crippen molar-refractivity contribution in [3.63, 3.8) is 0 Å². The van der Waals surface area contributed by atoms with E-state index < -0.39 is 6.56 Å². The predicted octanol–water partition coefficient (Wildman–Crippen LogP) is 1.66. The second kappa shape index (κ2) is 2.40. The third-order valence-corrected chi connectivity index (χ3v) is 1.68. The number of aliphatic hydroxyl groups is 1. The molecule has 0 fully saturated rings. The van der Waals surface area contributed by atoms with Crippen molar-refractivity contribution >= 4 is 10.9 Å². The van der Waals surface area contributed by atoms with Gasteiger partial charge in [-0.05, 0) is 29.1 Å². The highest BCUT2D eigenvalue weighted by atomic mass is 16.3. The van der Waals surface area contributed by atoms with E-state index in [1.54, 1.807) is 24.4 Å². The molecule has 56 valence electrons. The molecule has 1 heterocycles. The van der Waals surface area contributed by atoms with Gasteiger partial charge in [-0.25, -0.2) is 0 Å². The average Bonchev–Trinajstić information content (AvgIpc) is 2.47. The molecule has 0 aliphatic carbocycles. The lowest BCUT2D eigenvalue weighted by Crippen LogP contribution is -1.80. The maximum Gasteiger partial charge on any atom is 0.0682 e. The Labute approximate surface area is 67.3 Å². The smallest absolute Gasteiger partial charge is 0.0682 e. The Bertz CT molecular complexity index is 430. The van der Waals surface area contributed by atoms with Crippen LogP contribution in [0.1, 0.15) is 8.30 Å². The van der Waals surface area contributed by atoms with E-state index in [0.717, 1.165) is 10.9 Å². The molecule has 0 saturated heterocycles. The monoisotopic (exact) mass is 149 g/mol. The maximum atomic E-state index is 9.11. The first-order valence-electron chi connectivity index (χ1n) is 4.37. The molecule has 11 heavy (non-hydrogen) atoms. The lowest BCUT2D eigenvalue weighted by molar-refractivity contribution is 0.282. The van der Waals surface area contributed by atoms with Crippen molar-refractivity contribution in [2.24, 2.45) is 0 Å². The highest BCUT2D eigenvalue weighted by molar-refractivity contribution is 5.79. The fraction of sp³-hybridized carbons (Fsp3) is 0.111. The Morgan fingerprint density at radius 1 is 1.45 bits per heavy atom. The molecule has 0 unspecified atom stereocenters. The molecule has 2 N–H and O–H groups in total. The van der Waals surface area contributed by atoms with Gasteiger partial charge >= 0.3 is 0 Å². The van der Waals surface area contributed by atoms with Crippen molar-refractivity contribution in [3.8, 4) is 0 Å². The summed E-state index contributed by atoms with van der Waals surface area (Å²) in [5, 5.41) is 10.0. The molecule has 0 aliphatic rings. The van der Waals surface area contributed by atoms with Gasteiger partial charge in [0.2, 0.25) is 0 Å². The summed E-state index contributed by atoms with van der Waals surface area (Å²) in [7, 11) is 0. The Kier molecular flexibility index (Phi) is 0.996. The molecular weight excluding hydrogens is 138 g/mol. The largest absolute Gasteiger partial charge is 0.392 e. The van der Waals surface area contributed by atoms with E-state index in [2.05, 4.69) is 4.98 Å². The van der Waals surface area contributed by atoms with Gasteiger partial charge in [0.05, 0.1) is 9.30 Å². The molecule has 0 bridgehead atoms. The van der Waals surface area contributed by atoms with Gasteiger partial charge in [0.25, 0.3) is 0 Å². The summed E-state index contributed by atoms with van der Waals surface area (Å²) in [6, 6.07) is 6.79. The van der Waals surface area contributed by atoms with Crippen molar-refractivity contribution in [2.45, 2.75) is 6.56 Å². The van der Waals surface area contributed by atoms with E-state index in [4.69, 9.17) is 7.85 Å². The first-order chi connectivity index (χ1) is 6.07. The van der Waals surface area contributed by atoms with E-state index in [9.17, 15) is 0 Å². The minimum Gasteiger partial charge on any atom is -0.392 e. The Morgan fingerprint density at radius 3 is 3.18 bits per heavy atom. The SMILES string of the molecule is [2H]C([2H])(O)c1ccc2[nH]ccc2c1. The summed E-state index contributed by atoms with van der Waals surface area (Å²) < 4.78 is 14.2. The molecular formula is C9H9NO. The van der Waals surface area contributed by atoms with Gasteiger partial charge < -0.3 is 10.1 Å². The van der Waals surface area contributed by atoms with Crippen molar-refractivity contribution in [2.75, 3.05) is 0 Å².